The van der Waals surface area contributed by atoms with Gasteiger partial charge < -0.3 is 5.11 Å². The molecule has 0 saturated carbocycles. The lowest BCUT2D eigenvalue weighted by molar-refractivity contribution is -0.998. The fourth-order valence-electron chi connectivity index (χ4n) is 2.22. The summed E-state index contributed by atoms with van der Waals surface area (Å²) < 4.78 is 2.06. The minimum Gasteiger partial charge on any atom is -0.478 e. The molecule has 6 nitrogen and oxygen atoms in total. The van der Waals surface area contributed by atoms with Gasteiger partial charge >= 0.3 is 17.8 Å². The first-order valence-corrected chi connectivity index (χ1v) is 6.32. The zero-order valence-corrected chi connectivity index (χ0v) is 11.8. The number of nitrogens with zero attached hydrogens (tertiary/aromatic N) is 2. The van der Waals surface area contributed by atoms with Gasteiger partial charge in [-0.1, -0.05) is 12.1 Å². The van der Waals surface area contributed by atoms with Gasteiger partial charge in [0.15, 0.2) is 6.54 Å². The molecular formula is C14H18N2O4+2. The molecule has 0 amide bonds. The van der Waals surface area contributed by atoms with Crippen molar-refractivity contribution in [2.45, 2.75) is 6.92 Å². The molecule has 1 N–H and O–H groups in total. The van der Waals surface area contributed by atoms with Gasteiger partial charge in [-0.05, 0) is 16.8 Å². The van der Waals surface area contributed by atoms with Crippen LogP contribution in [0.3, 0.4) is 0 Å². The predicted molar refractivity (Wildman–Crippen MR) is 71.6 cm³/mol. The molecular weight excluding hydrogens is 260 g/mol. The fourth-order valence-corrected chi connectivity index (χ4v) is 2.22. The highest BCUT2D eigenvalue weighted by Gasteiger charge is 2.44. The van der Waals surface area contributed by atoms with Crippen molar-refractivity contribution >= 4 is 17.8 Å². The zero-order valence-electron chi connectivity index (χ0n) is 11.8. The molecule has 1 heterocycles. The summed E-state index contributed by atoms with van der Waals surface area (Å²) in [5.41, 5.74) is 0.0241. The van der Waals surface area contributed by atoms with Gasteiger partial charge in [0.2, 0.25) is 6.54 Å². The number of carboxylic acids is 1. The van der Waals surface area contributed by atoms with E-state index in [2.05, 4.69) is 0 Å². The van der Waals surface area contributed by atoms with Crippen LogP contribution in [0.1, 0.15) is 27.6 Å². The maximum atomic E-state index is 12.3. The standard InChI is InChI=1S/C14H17N2O4/c1-10-15(2)8-9-16(10,3)20-14(19)12-7-5-4-6-11(12)13(17)18/h4-7H,8-9H2,1-3H3/q+1/p+1. The van der Waals surface area contributed by atoms with E-state index < -0.39 is 11.9 Å². The Morgan fingerprint density at radius 3 is 2.40 bits per heavy atom. The van der Waals surface area contributed by atoms with E-state index in [1.54, 1.807) is 19.2 Å². The molecule has 0 fully saturated rings. The van der Waals surface area contributed by atoms with Crippen molar-refractivity contribution in [3.63, 3.8) is 0 Å². The maximum absolute atomic E-state index is 12.3. The molecule has 1 aromatic rings. The van der Waals surface area contributed by atoms with Gasteiger partial charge in [0.1, 0.15) is 14.1 Å². The number of hydroxylamine groups is 3. The number of hydrogen-bond donors (Lipinski definition) is 1. The fraction of sp³-hybridized carbons (Fsp3) is 0.357. The van der Waals surface area contributed by atoms with E-state index in [1.165, 1.54) is 12.1 Å². The highest BCUT2D eigenvalue weighted by atomic mass is 16.7. The lowest BCUT2D eigenvalue weighted by Crippen LogP contribution is -2.48. The van der Waals surface area contributed by atoms with Crippen LogP contribution in [0.25, 0.3) is 0 Å². The van der Waals surface area contributed by atoms with Gasteiger partial charge in [0.25, 0.3) is 0 Å². The second-order valence-electron chi connectivity index (χ2n) is 5.02. The summed E-state index contributed by atoms with van der Waals surface area (Å²) in [7, 11) is 3.72. The van der Waals surface area contributed by atoms with Crippen LogP contribution in [0, 0.1) is 0 Å². The molecule has 6 heteroatoms. The Labute approximate surface area is 117 Å². The summed E-state index contributed by atoms with van der Waals surface area (Å²) in [6.07, 6.45) is 0. The van der Waals surface area contributed by atoms with E-state index in [4.69, 9.17) is 9.94 Å². The van der Waals surface area contributed by atoms with Crippen LogP contribution < -0.4 is 0 Å². The third-order valence-electron chi connectivity index (χ3n) is 3.76. The summed E-state index contributed by atoms with van der Waals surface area (Å²) in [5.74, 6) is -0.856. The van der Waals surface area contributed by atoms with Crippen molar-refractivity contribution in [1.82, 2.24) is 0 Å². The molecule has 1 aliphatic heterocycles. The van der Waals surface area contributed by atoms with Crippen LogP contribution in [0.4, 0.5) is 0 Å². The summed E-state index contributed by atoms with van der Waals surface area (Å²) >= 11 is 0. The van der Waals surface area contributed by atoms with Crippen molar-refractivity contribution in [2.75, 3.05) is 27.2 Å². The Bertz CT molecular complexity index is 609. The van der Waals surface area contributed by atoms with Gasteiger partial charge in [-0.15, -0.1) is 0 Å². The number of likely N-dealkylation sites (N-methyl/N-ethyl adjacent to an activating group) is 2. The first-order valence-electron chi connectivity index (χ1n) is 6.32. The average Bonchev–Trinajstić information content (AvgIpc) is 2.66. The largest absolute Gasteiger partial charge is 0.478 e. The maximum Gasteiger partial charge on any atom is 0.399 e. The topological polar surface area (TPSA) is 66.6 Å². The Kier molecular flexibility index (Phi) is 3.59. The predicted octanol–water partition coefficient (Wildman–Crippen LogP) is 0.977. The lowest BCUT2D eigenvalue weighted by Gasteiger charge is -2.21. The number of quaternary nitrogens is 1. The van der Waals surface area contributed by atoms with Crippen LogP contribution in [0.15, 0.2) is 24.3 Å². The normalized spacial score (nSPS) is 21.9. The molecule has 0 radical (unpaired) electrons. The third kappa shape index (κ3) is 2.42. The molecule has 0 spiro atoms. The average molecular weight is 278 g/mol. The van der Waals surface area contributed by atoms with Gasteiger partial charge in [-0.2, -0.15) is 4.58 Å². The zero-order chi connectivity index (χ0) is 14.9. The van der Waals surface area contributed by atoms with E-state index >= 15 is 0 Å². The number of carboxylic acid groups (broad SMARTS) is 1. The molecule has 0 bridgehead atoms. The SMILES string of the molecule is CC1=[N+](C)CC[N+]1(C)OC(=O)c1ccccc1C(=O)O. The molecule has 106 valence electrons. The summed E-state index contributed by atoms with van der Waals surface area (Å²) in [4.78, 5) is 28.9. The second-order valence-corrected chi connectivity index (χ2v) is 5.02. The molecule has 1 aliphatic rings. The number of carbonyl (C=O) groups is 2. The molecule has 20 heavy (non-hydrogen) atoms. The van der Waals surface area contributed by atoms with Gasteiger partial charge in [-0.3, -0.25) is 4.84 Å². The summed E-state index contributed by atoms with van der Waals surface area (Å²) in [5, 5.41) is 9.11. The number of benzene rings is 1. The molecule has 0 saturated heterocycles. The molecule has 0 aliphatic carbocycles. The van der Waals surface area contributed by atoms with Crippen LogP contribution in [-0.4, -0.2) is 59.3 Å². The first kappa shape index (κ1) is 14.2. The van der Waals surface area contributed by atoms with E-state index in [0.29, 0.717) is 6.54 Å². The molecule has 2 rings (SSSR count). The van der Waals surface area contributed by atoms with E-state index in [-0.39, 0.29) is 15.8 Å². The Balaban J connectivity index is 2.28. The van der Waals surface area contributed by atoms with Crippen LogP contribution in [0.5, 0.6) is 0 Å². The Morgan fingerprint density at radius 2 is 1.90 bits per heavy atom. The van der Waals surface area contributed by atoms with Crippen molar-refractivity contribution in [3.05, 3.63) is 35.4 Å². The minimum absolute atomic E-state index is 0.0449. The monoisotopic (exact) mass is 278 g/mol. The Hall–Kier alpha value is -2.21. The first-order chi connectivity index (χ1) is 9.35. The second kappa shape index (κ2) is 5.05. The van der Waals surface area contributed by atoms with E-state index in [9.17, 15) is 9.59 Å². The highest BCUT2D eigenvalue weighted by Crippen LogP contribution is 2.17. The summed E-state index contributed by atoms with van der Waals surface area (Å²) in [6, 6.07) is 6.06. The summed E-state index contributed by atoms with van der Waals surface area (Å²) in [6.45, 7) is 3.32. The van der Waals surface area contributed by atoms with Crippen LogP contribution in [0.2, 0.25) is 0 Å². The number of amidine groups is 1. The van der Waals surface area contributed by atoms with Crippen LogP contribution in [-0.2, 0) is 4.84 Å². The smallest absolute Gasteiger partial charge is 0.399 e. The number of aromatic carboxylic acids is 1. The van der Waals surface area contributed by atoms with Crippen molar-refractivity contribution in [2.24, 2.45) is 0 Å². The number of carbonyl (C=O) groups excluding carboxylic acids is 1. The number of rotatable bonds is 3. The van der Waals surface area contributed by atoms with E-state index in [1.807, 2.05) is 18.5 Å². The molecule has 0 aromatic heterocycles. The molecule has 1 atom stereocenters. The minimum atomic E-state index is -1.14. The lowest BCUT2D eigenvalue weighted by atomic mass is 10.1. The molecule has 1 unspecified atom stereocenters. The Morgan fingerprint density at radius 1 is 1.30 bits per heavy atom. The van der Waals surface area contributed by atoms with Crippen molar-refractivity contribution in [3.8, 4) is 0 Å². The van der Waals surface area contributed by atoms with E-state index in [0.717, 1.165) is 12.4 Å². The highest BCUT2D eigenvalue weighted by molar-refractivity contribution is 6.02. The van der Waals surface area contributed by atoms with Gasteiger partial charge in [0.05, 0.1) is 18.1 Å². The van der Waals surface area contributed by atoms with Gasteiger partial charge in [0, 0.05) is 0 Å². The van der Waals surface area contributed by atoms with Crippen molar-refractivity contribution < 1.29 is 28.8 Å². The molecule has 1 aromatic carbocycles. The van der Waals surface area contributed by atoms with Crippen molar-refractivity contribution in [1.29, 1.82) is 0 Å². The van der Waals surface area contributed by atoms with Crippen LogP contribution >= 0.6 is 0 Å². The quantitative estimate of drug-likeness (QED) is 0.661. The third-order valence-corrected chi connectivity index (χ3v) is 3.76. The number of hydrogen-bond acceptors (Lipinski definition) is 3. The van der Waals surface area contributed by atoms with Gasteiger partial charge in [-0.25, -0.2) is 9.59 Å².